The fourth-order valence-electron chi connectivity index (χ4n) is 2.08. The highest BCUT2D eigenvalue weighted by molar-refractivity contribution is 5.79. The maximum Gasteiger partial charge on any atom is 0.314 e. The first-order chi connectivity index (χ1) is 7.66. The number of carbonyl (C=O) groups excluding carboxylic acids is 1. The summed E-state index contributed by atoms with van der Waals surface area (Å²) in [6.45, 7) is 1.35. The van der Waals surface area contributed by atoms with Gasteiger partial charge in [-0.15, -0.1) is 0 Å². The van der Waals surface area contributed by atoms with Crippen molar-refractivity contribution in [2.45, 2.75) is 6.42 Å². The molecule has 0 aromatic heterocycles. The van der Waals surface area contributed by atoms with E-state index < -0.39 is 5.41 Å². The molecule has 4 heteroatoms. The molecule has 2 rings (SSSR count). The predicted octanol–water partition coefficient (Wildman–Crippen LogP) is 0.574. The number of esters is 1. The number of hydrogen-bond donors (Lipinski definition) is 2. The average Bonchev–Trinajstić information content (AvgIpc) is 2.22. The molecule has 1 heterocycles. The van der Waals surface area contributed by atoms with Crippen molar-refractivity contribution in [1.29, 1.82) is 0 Å². The van der Waals surface area contributed by atoms with Crippen molar-refractivity contribution in [2.24, 2.45) is 5.41 Å². The molecule has 0 spiro atoms. The van der Waals surface area contributed by atoms with Crippen LogP contribution in [0, 0.1) is 5.41 Å². The van der Waals surface area contributed by atoms with Crippen LogP contribution in [0.25, 0.3) is 0 Å². The molecule has 86 valence electrons. The van der Waals surface area contributed by atoms with Gasteiger partial charge in [0.15, 0.2) is 0 Å². The smallest absolute Gasteiger partial charge is 0.314 e. The summed E-state index contributed by atoms with van der Waals surface area (Å²) in [5, 5.41) is 3.12. The lowest BCUT2D eigenvalue weighted by atomic mass is 9.76. The van der Waals surface area contributed by atoms with E-state index in [2.05, 4.69) is 5.32 Å². The van der Waals surface area contributed by atoms with Crippen LogP contribution in [-0.2, 0) is 16.0 Å². The van der Waals surface area contributed by atoms with E-state index in [0.717, 1.165) is 11.3 Å². The Balaban J connectivity index is 2.16. The van der Waals surface area contributed by atoms with Crippen LogP contribution < -0.4 is 11.1 Å². The van der Waals surface area contributed by atoms with Gasteiger partial charge in [-0.1, -0.05) is 12.1 Å². The fourth-order valence-corrected chi connectivity index (χ4v) is 2.08. The third-order valence-electron chi connectivity index (χ3n) is 3.04. The lowest BCUT2D eigenvalue weighted by molar-refractivity contribution is -0.156. The monoisotopic (exact) mass is 220 g/mol. The summed E-state index contributed by atoms with van der Waals surface area (Å²) >= 11 is 0. The Morgan fingerprint density at radius 2 is 2.31 bits per heavy atom. The van der Waals surface area contributed by atoms with Crippen LogP contribution in [0.2, 0.25) is 0 Å². The highest BCUT2D eigenvalue weighted by Crippen LogP contribution is 2.29. The first-order valence-electron chi connectivity index (χ1n) is 5.30. The Labute approximate surface area is 94.8 Å². The van der Waals surface area contributed by atoms with E-state index in [9.17, 15) is 4.79 Å². The maximum absolute atomic E-state index is 11.7. The topological polar surface area (TPSA) is 64.3 Å². The van der Waals surface area contributed by atoms with Gasteiger partial charge in [0.1, 0.15) is 0 Å². The zero-order chi connectivity index (χ0) is 11.6. The van der Waals surface area contributed by atoms with Gasteiger partial charge >= 0.3 is 5.97 Å². The molecule has 16 heavy (non-hydrogen) atoms. The summed E-state index contributed by atoms with van der Waals surface area (Å²) in [6.07, 6.45) is 0.678. The lowest BCUT2D eigenvalue weighted by Gasteiger charge is -2.39. The molecule has 1 aromatic rings. The van der Waals surface area contributed by atoms with Crippen LogP contribution in [-0.4, -0.2) is 26.2 Å². The third-order valence-corrected chi connectivity index (χ3v) is 3.04. The van der Waals surface area contributed by atoms with E-state index in [1.807, 2.05) is 24.3 Å². The molecule has 0 atom stereocenters. The minimum Gasteiger partial charge on any atom is -0.469 e. The summed E-state index contributed by atoms with van der Waals surface area (Å²) in [5.74, 6) is -0.145. The molecule has 1 fully saturated rings. The second-order valence-electron chi connectivity index (χ2n) is 4.30. The molecule has 3 N–H and O–H groups in total. The zero-order valence-corrected chi connectivity index (χ0v) is 9.32. The molecule has 0 bridgehead atoms. The number of anilines is 1. The first-order valence-corrected chi connectivity index (χ1v) is 5.30. The first kappa shape index (κ1) is 11.0. The number of nitrogen functional groups attached to an aromatic ring is 1. The highest BCUT2D eigenvalue weighted by atomic mass is 16.5. The van der Waals surface area contributed by atoms with Gasteiger partial charge in [-0.2, -0.15) is 0 Å². The van der Waals surface area contributed by atoms with Crippen molar-refractivity contribution in [3.63, 3.8) is 0 Å². The minimum atomic E-state index is -0.400. The molecular weight excluding hydrogens is 204 g/mol. The van der Waals surface area contributed by atoms with Crippen molar-refractivity contribution < 1.29 is 9.53 Å². The lowest BCUT2D eigenvalue weighted by Crippen LogP contribution is -2.59. The van der Waals surface area contributed by atoms with Crippen molar-refractivity contribution in [1.82, 2.24) is 5.32 Å². The van der Waals surface area contributed by atoms with Gasteiger partial charge in [0.2, 0.25) is 0 Å². The van der Waals surface area contributed by atoms with Gasteiger partial charge in [0, 0.05) is 18.8 Å². The normalized spacial score (nSPS) is 17.6. The standard InChI is InChI=1S/C12H16N2O2/c1-16-11(15)12(7-14-8-12)6-9-3-2-4-10(13)5-9/h2-5,14H,6-8,13H2,1H3. The van der Waals surface area contributed by atoms with Crippen LogP contribution in [0.1, 0.15) is 5.56 Å². The SMILES string of the molecule is COC(=O)C1(Cc2cccc(N)c2)CNC1. The van der Waals surface area contributed by atoms with E-state index in [0.29, 0.717) is 19.5 Å². The second-order valence-corrected chi connectivity index (χ2v) is 4.30. The minimum absolute atomic E-state index is 0.145. The van der Waals surface area contributed by atoms with E-state index in [-0.39, 0.29) is 5.97 Å². The van der Waals surface area contributed by atoms with Crippen molar-refractivity contribution >= 4 is 11.7 Å². The molecule has 0 unspecified atom stereocenters. The van der Waals surface area contributed by atoms with Crippen LogP contribution in [0.5, 0.6) is 0 Å². The molecule has 1 saturated heterocycles. The van der Waals surface area contributed by atoms with Gasteiger partial charge in [-0.25, -0.2) is 0 Å². The molecule has 0 saturated carbocycles. The van der Waals surface area contributed by atoms with Crippen molar-refractivity contribution in [3.8, 4) is 0 Å². The van der Waals surface area contributed by atoms with E-state index in [4.69, 9.17) is 10.5 Å². The molecular formula is C12H16N2O2. The van der Waals surface area contributed by atoms with E-state index in [1.54, 1.807) is 0 Å². The summed E-state index contributed by atoms with van der Waals surface area (Å²) < 4.78 is 4.85. The summed E-state index contributed by atoms with van der Waals surface area (Å²) in [6, 6.07) is 7.64. The number of ether oxygens (including phenoxy) is 1. The Bertz CT molecular complexity index is 400. The quantitative estimate of drug-likeness (QED) is 0.577. The van der Waals surface area contributed by atoms with Crippen LogP contribution >= 0.6 is 0 Å². The maximum atomic E-state index is 11.7. The molecule has 0 radical (unpaired) electrons. The van der Waals surface area contributed by atoms with Crippen LogP contribution in [0.15, 0.2) is 24.3 Å². The summed E-state index contributed by atoms with van der Waals surface area (Å²) in [4.78, 5) is 11.7. The van der Waals surface area contributed by atoms with Crippen molar-refractivity contribution in [2.75, 3.05) is 25.9 Å². The zero-order valence-electron chi connectivity index (χ0n) is 9.32. The van der Waals surface area contributed by atoms with Crippen LogP contribution in [0.4, 0.5) is 5.69 Å². The molecule has 4 nitrogen and oxygen atoms in total. The molecule has 1 aliphatic rings. The van der Waals surface area contributed by atoms with Gasteiger partial charge in [0.05, 0.1) is 12.5 Å². The highest BCUT2D eigenvalue weighted by Gasteiger charge is 2.45. The van der Waals surface area contributed by atoms with Crippen molar-refractivity contribution in [3.05, 3.63) is 29.8 Å². The number of methoxy groups -OCH3 is 1. The number of benzene rings is 1. The van der Waals surface area contributed by atoms with Gasteiger partial charge in [-0.05, 0) is 24.1 Å². The summed E-state index contributed by atoms with van der Waals surface area (Å²) in [5.41, 5.74) is 7.12. The average molecular weight is 220 g/mol. The number of nitrogens with one attached hydrogen (secondary N) is 1. The Morgan fingerprint density at radius 3 is 2.81 bits per heavy atom. The summed E-state index contributed by atoms with van der Waals surface area (Å²) in [7, 11) is 1.43. The van der Waals surface area contributed by atoms with Gasteiger partial charge < -0.3 is 15.8 Å². The number of carbonyl (C=O) groups is 1. The fraction of sp³-hybridized carbons (Fsp3) is 0.417. The van der Waals surface area contributed by atoms with Gasteiger partial charge in [-0.3, -0.25) is 4.79 Å². The molecule has 0 amide bonds. The number of nitrogens with two attached hydrogens (primary N) is 1. The molecule has 1 aliphatic heterocycles. The van der Waals surface area contributed by atoms with E-state index >= 15 is 0 Å². The molecule has 0 aliphatic carbocycles. The molecule has 1 aromatic carbocycles. The Hall–Kier alpha value is -1.55. The van der Waals surface area contributed by atoms with Gasteiger partial charge in [0.25, 0.3) is 0 Å². The Morgan fingerprint density at radius 1 is 1.56 bits per heavy atom. The number of rotatable bonds is 3. The largest absolute Gasteiger partial charge is 0.469 e. The number of hydrogen-bond acceptors (Lipinski definition) is 4. The van der Waals surface area contributed by atoms with E-state index in [1.165, 1.54) is 7.11 Å². The predicted molar refractivity (Wildman–Crippen MR) is 61.9 cm³/mol. The second kappa shape index (κ2) is 4.14. The van der Waals surface area contributed by atoms with Crippen LogP contribution in [0.3, 0.4) is 0 Å². The third kappa shape index (κ3) is 1.88. The Kier molecular flexibility index (Phi) is 2.83.